The van der Waals surface area contributed by atoms with Crippen molar-refractivity contribution in [2.24, 2.45) is 0 Å². The van der Waals surface area contributed by atoms with E-state index in [1.165, 1.54) is 95.2 Å². The zero-order valence-corrected chi connectivity index (χ0v) is 18.7. The lowest BCUT2D eigenvalue weighted by Crippen LogP contribution is -2.40. The summed E-state index contributed by atoms with van der Waals surface area (Å²) in [5.41, 5.74) is 0. The van der Waals surface area contributed by atoms with Crippen molar-refractivity contribution >= 4 is 14.3 Å². The lowest BCUT2D eigenvalue weighted by Gasteiger charge is -2.31. The molecule has 0 spiro atoms. The SMILES string of the molecule is CC[CH]C(=O)O[Si](CCCCCC)(CCCCCC)CCCCCC. The largest absolute Gasteiger partial charge is 0.519 e. The smallest absolute Gasteiger partial charge is 0.296 e. The van der Waals surface area contributed by atoms with Gasteiger partial charge in [-0.15, -0.1) is 0 Å². The molecule has 25 heavy (non-hydrogen) atoms. The lowest BCUT2D eigenvalue weighted by molar-refractivity contribution is -0.131. The van der Waals surface area contributed by atoms with Crippen LogP contribution in [0.25, 0.3) is 0 Å². The van der Waals surface area contributed by atoms with Gasteiger partial charge in [-0.25, -0.2) is 0 Å². The highest BCUT2D eigenvalue weighted by Crippen LogP contribution is 2.31. The normalized spacial score (nSPS) is 11.7. The Morgan fingerprint density at radius 1 is 0.680 bits per heavy atom. The first-order chi connectivity index (χ1) is 12.1. The van der Waals surface area contributed by atoms with E-state index in [-0.39, 0.29) is 5.97 Å². The minimum atomic E-state index is -1.93. The number of hydrogen-bond acceptors (Lipinski definition) is 2. The molecule has 0 aromatic rings. The van der Waals surface area contributed by atoms with E-state index >= 15 is 0 Å². The van der Waals surface area contributed by atoms with E-state index in [9.17, 15) is 4.79 Å². The van der Waals surface area contributed by atoms with Crippen molar-refractivity contribution < 1.29 is 9.22 Å². The van der Waals surface area contributed by atoms with Gasteiger partial charge in [-0.05, 0) is 24.6 Å². The van der Waals surface area contributed by atoms with Gasteiger partial charge in [0.05, 0.1) is 6.42 Å². The molecule has 0 saturated heterocycles. The average Bonchev–Trinajstić information content (AvgIpc) is 2.60. The van der Waals surface area contributed by atoms with Gasteiger partial charge < -0.3 is 4.43 Å². The lowest BCUT2D eigenvalue weighted by atomic mass is 10.2. The number of unbranched alkanes of at least 4 members (excludes halogenated alkanes) is 9. The summed E-state index contributed by atoms with van der Waals surface area (Å²) in [6.07, 6.45) is 17.9. The molecule has 0 saturated carbocycles. The zero-order chi connectivity index (χ0) is 18.8. The Balaban J connectivity index is 4.82. The summed E-state index contributed by atoms with van der Waals surface area (Å²) >= 11 is 0. The van der Waals surface area contributed by atoms with Crippen molar-refractivity contribution in [1.29, 1.82) is 0 Å². The average molecular weight is 370 g/mol. The molecule has 0 aliphatic carbocycles. The quantitative estimate of drug-likeness (QED) is 0.182. The minimum Gasteiger partial charge on any atom is -0.519 e. The van der Waals surface area contributed by atoms with E-state index < -0.39 is 8.32 Å². The molecule has 2 nitrogen and oxygen atoms in total. The highest BCUT2D eigenvalue weighted by Gasteiger charge is 2.36. The molecule has 0 N–H and O–H groups in total. The Kier molecular flexibility index (Phi) is 16.9. The van der Waals surface area contributed by atoms with E-state index in [2.05, 4.69) is 20.8 Å². The Bertz CT molecular complexity index is 273. The molecular formula is C22H45O2Si. The van der Waals surface area contributed by atoms with E-state index in [1.54, 1.807) is 6.42 Å². The van der Waals surface area contributed by atoms with E-state index in [4.69, 9.17) is 4.43 Å². The molecule has 0 aliphatic rings. The van der Waals surface area contributed by atoms with Gasteiger partial charge in [-0.3, -0.25) is 4.79 Å². The maximum Gasteiger partial charge on any atom is 0.296 e. The number of carbonyl (C=O) groups excluding carboxylic acids is 1. The van der Waals surface area contributed by atoms with Crippen LogP contribution >= 0.6 is 0 Å². The minimum absolute atomic E-state index is 0.0318. The predicted molar refractivity (Wildman–Crippen MR) is 113 cm³/mol. The van der Waals surface area contributed by atoms with Gasteiger partial charge in [0.1, 0.15) is 0 Å². The van der Waals surface area contributed by atoms with Crippen molar-refractivity contribution in [3.8, 4) is 0 Å². The summed E-state index contributed by atoms with van der Waals surface area (Å²) in [6.45, 7) is 8.80. The van der Waals surface area contributed by atoms with Crippen LogP contribution in [0.15, 0.2) is 0 Å². The third kappa shape index (κ3) is 13.5. The van der Waals surface area contributed by atoms with Crippen molar-refractivity contribution in [3.63, 3.8) is 0 Å². The third-order valence-corrected chi connectivity index (χ3v) is 9.57. The fourth-order valence-electron chi connectivity index (χ4n) is 3.57. The Morgan fingerprint density at radius 2 is 1.08 bits per heavy atom. The van der Waals surface area contributed by atoms with Gasteiger partial charge in [0.15, 0.2) is 0 Å². The first-order valence-electron chi connectivity index (χ1n) is 11.2. The second-order valence-electron chi connectivity index (χ2n) is 7.65. The molecule has 0 atom stereocenters. The van der Waals surface area contributed by atoms with Gasteiger partial charge in [0.2, 0.25) is 0 Å². The number of carbonyl (C=O) groups is 1. The molecule has 0 heterocycles. The second kappa shape index (κ2) is 17.1. The summed E-state index contributed by atoms with van der Waals surface area (Å²) in [7, 11) is -1.93. The van der Waals surface area contributed by atoms with Crippen LogP contribution < -0.4 is 0 Å². The first kappa shape index (κ1) is 24.7. The predicted octanol–water partition coefficient (Wildman–Crippen LogP) is 7.83. The van der Waals surface area contributed by atoms with E-state index in [1.807, 2.05) is 6.92 Å². The standard InChI is InChI=1S/C22H45O2Si/c1-5-9-12-15-19-25(20-16-13-10-6-2,21-17-14-11-7-3)24-22(23)18-8-4/h18H,5-17,19-21H2,1-4H3. The Labute approximate surface area is 159 Å². The summed E-state index contributed by atoms with van der Waals surface area (Å²) in [5, 5.41) is 0. The summed E-state index contributed by atoms with van der Waals surface area (Å²) in [4.78, 5) is 12.3. The summed E-state index contributed by atoms with van der Waals surface area (Å²) < 4.78 is 6.26. The van der Waals surface area contributed by atoms with E-state index in [0.717, 1.165) is 6.42 Å². The fourth-order valence-corrected chi connectivity index (χ4v) is 7.82. The molecule has 1 radical (unpaired) electrons. The van der Waals surface area contributed by atoms with Crippen LogP contribution in [0.1, 0.15) is 111 Å². The van der Waals surface area contributed by atoms with Crippen molar-refractivity contribution in [2.75, 3.05) is 0 Å². The van der Waals surface area contributed by atoms with Crippen molar-refractivity contribution in [1.82, 2.24) is 0 Å². The van der Waals surface area contributed by atoms with Gasteiger partial charge in [-0.2, -0.15) is 0 Å². The number of rotatable bonds is 18. The molecule has 3 heteroatoms. The van der Waals surface area contributed by atoms with Crippen LogP contribution in [-0.2, 0) is 9.22 Å². The van der Waals surface area contributed by atoms with Crippen LogP contribution in [-0.4, -0.2) is 14.3 Å². The zero-order valence-electron chi connectivity index (χ0n) is 17.7. The summed E-state index contributed by atoms with van der Waals surface area (Å²) in [5.74, 6) is -0.0318. The van der Waals surface area contributed by atoms with Crippen LogP contribution in [0.4, 0.5) is 0 Å². The van der Waals surface area contributed by atoms with Crippen LogP contribution in [0.2, 0.25) is 18.1 Å². The van der Waals surface area contributed by atoms with Gasteiger partial charge >= 0.3 is 0 Å². The molecule has 0 aromatic carbocycles. The maximum atomic E-state index is 12.3. The molecule has 0 rings (SSSR count). The molecule has 0 amide bonds. The maximum absolute atomic E-state index is 12.3. The Hall–Kier alpha value is -0.313. The monoisotopic (exact) mass is 369 g/mol. The summed E-state index contributed by atoms with van der Waals surface area (Å²) in [6, 6.07) is 3.57. The van der Waals surface area contributed by atoms with Gasteiger partial charge in [-0.1, -0.05) is 105 Å². The molecule has 0 aromatic heterocycles. The van der Waals surface area contributed by atoms with Crippen molar-refractivity contribution in [2.45, 2.75) is 129 Å². The van der Waals surface area contributed by atoms with Crippen LogP contribution in [0.5, 0.6) is 0 Å². The number of hydrogen-bond donors (Lipinski definition) is 0. The van der Waals surface area contributed by atoms with Crippen LogP contribution in [0, 0.1) is 6.42 Å². The molecule has 0 unspecified atom stereocenters. The van der Waals surface area contributed by atoms with E-state index in [0.29, 0.717) is 0 Å². The Morgan fingerprint density at radius 3 is 1.40 bits per heavy atom. The highest BCUT2D eigenvalue weighted by molar-refractivity contribution is 6.75. The van der Waals surface area contributed by atoms with Crippen molar-refractivity contribution in [3.05, 3.63) is 6.42 Å². The topological polar surface area (TPSA) is 26.3 Å². The van der Waals surface area contributed by atoms with Gasteiger partial charge in [0, 0.05) is 0 Å². The fraction of sp³-hybridized carbons (Fsp3) is 0.909. The van der Waals surface area contributed by atoms with Gasteiger partial charge in [0.25, 0.3) is 14.3 Å². The first-order valence-corrected chi connectivity index (χ1v) is 13.7. The highest BCUT2D eigenvalue weighted by atomic mass is 28.4. The third-order valence-electron chi connectivity index (χ3n) is 5.15. The molecule has 0 fully saturated rings. The molecular weight excluding hydrogens is 324 g/mol. The molecule has 0 bridgehead atoms. The second-order valence-corrected chi connectivity index (χ2v) is 11.7. The van der Waals surface area contributed by atoms with Crippen LogP contribution in [0.3, 0.4) is 0 Å². The molecule has 149 valence electrons. The molecule has 0 aliphatic heterocycles.